The Bertz CT molecular complexity index is 567. The smallest absolute Gasteiger partial charge is 0.241 e. The van der Waals surface area contributed by atoms with Crippen LogP contribution in [-0.2, 0) is 6.54 Å². The predicted octanol–water partition coefficient (Wildman–Crippen LogP) is 2.12. The van der Waals surface area contributed by atoms with E-state index in [0.717, 1.165) is 18.7 Å². The molecule has 1 aliphatic rings. The first kappa shape index (κ1) is 13.1. The van der Waals surface area contributed by atoms with Crippen LogP contribution in [0.3, 0.4) is 0 Å². The standard InChI is InChI=1S/C14H18N4O2/c1-10-4-3-7-18(10)9-13-16-14(17-20-13)11-5-6-12(19-2)15-8-11/h5-6,8,10H,3-4,7,9H2,1-2H3/t10-/m1/s1. The van der Waals surface area contributed by atoms with Crippen molar-refractivity contribution in [3.05, 3.63) is 24.2 Å². The first-order valence-electron chi connectivity index (χ1n) is 6.83. The molecule has 0 aliphatic carbocycles. The Morgan fingerprint density at radius 2 is 2.35 bits per heavy atom. The SMILES string of the molecule is COc1ccc(-c2noc(CN3CCC[C@H]3C)n2)cn1. The Kier molecular flexibility index (Phi) is 3.64. The fraction of sp³-hybridized carbons (Fsp3) is 0.500. The molecule has 3 heterocycles. The molecule has 0 bridgehead atoms. The lowest BCUT2D eigenvalue weighted by Crippen LogP contribution is -2.26. The molecule has 0 radical (unpaired) electrons. The highest BCUT2D eigenvalue weighted by atomic mass is 16.5. The van der Waals surface area contributed by atoms with Gasteiger partial charge in [0.05, 0.1) is 13.7 Å². The zero-order valence-electron chi connectivity index (χ0n) is 11.7. The second kappa shape index (κ2) is 5.58. The zero-order chi connectivity index (χ0) is 13.9. The monoisotopic (exact) mass is 274 g/mol. The fourth-order valence-electron chi connectivity index (χ4n) is 2.47. The van der Waals surface area contributed by atoms with Gasteiger partial charge < -0.3 is 9.26 Å². The average Bonchev–Trinajstić information content (AvgIpc) is 3.10. The lowest BCUT2D eigenvalue weighted by Gasteiger charge is -2.17. The Balaban J connectivity index is 1.72. The van der Waals surface area contributed by atoms with Gasteiger partial charge in [-0.25, -0.2) is 4.98 Å². The lowest BCUT2D eigenvalue weighted by atomic mass is 10.2. The lowest BCUT2D eigenvalue weighted by molar-refractivity contribution is 0.221. The maximum absolute atomic E-state index is 5.32. The van der Waals surface area contributed by atoms with Crippen molar-refractivity contribution >= 4 is 0 Å². The van der Waals surface area contributed by atoms with Crippen LogP contribution in [0, 0.1) is 0 Å². The van der Waals surface area contributed by atoms with E-state index in [1.165, 1.54) is 12.8 Å². The number of hydrogen-bond donors (Lipinski definition) is 0. The van der Waals surface area contributed by atoms with E-state index in [4.69, 9.17) is 9.26 Å². The van der Waals surface area contributed by atoms with Crippen molar-refractivity contribution in [3.63, 3.8) is 0 Å². The van der Waals surface area contributed by atoms with Gasteiger partial charge in [0.25, 0.3) is 0 Å². The molecular formula is C14H18N4O2. The van der Waals surface area contributed by atoms with E-state index in [1.54, 1.807) is 19.4 Å². The third-order valence-electron chi connectivity index (χ3n) is 3.70. The van der Waals surface area contributed by atoms with Gasteiger partial charge in [-0.15, -0.1) is 0 Å². The first-order valence-corrected chi connectivity index (χ1v) is 6.83. The highest BCUT2D eigenvalue weighted by Crippen LogP contribution is 2.21. The molecule has 2 aromatic rings. The number of methoxy groups -OCH3 is 1. The Morgan fingerprint density at radius 3 is 3.00 bits per heavy atom. The minimum atomic E-state index is 0.571. The van der Waals surface area contributed by atoms with Gasteiger partial charge in [0.2, 0.25) is 17.6 Å². The summed E-state index contributed by atoms with van der Waals surface area (Å²) in [5.41, 5.74) is 0.829. The number of nitrogens with zero attached hydrogens (tertiary/aromatic N) is 4. The Hall–Kier alpha value is -1.95. The van der Waals surface area contributed by atoms with E-state index in [2.05, 4.69) is 26.9 Å². The van der Waals surface area contributed by atoms with Crippen molar-refractivity contribution in [1.29, 1.82) is 0 Å². The minimum Gasteiger partial charge on any atom is -0.481 e. The second-order valence-corrected chi connectivity index (χ2v) is 5.06. The van der Waals surface area contributed by atoms with Gasteiger partial charge in [-0.2, -0.15) is 4.98 Å². The number of ether oxygens (including phenoxy) is 1. The van der Waals surface area contributed by atoms with Gasteiger partial charge in [0.15, 0.2) is 0 Å². The molecule has 0 amide bonds. The quantitative estimate of drug-likeness (QED) is 0.851. The van der Waals surface area contributed by atoms with Crippen LogP contribution in [0.15, 0.2) is 22.9 Å². The summed E-state index contributed by atoms with van der Waals surface area (Å²) in [5, 5.41) is 4.02. The van der Waals surface area contributed by atoms with Gasteiger partial charge in [-0.05, 0) is 32.4 Å². The molecule has 3 rings (SSSR count). The van der Waals surface area contributed by atoms with E-state index in [9.17, 15) is 0 Å². The van der Waals surface area contributed by atoms with Gasteiger partial charge in [0.1, 0.15) is 0 Å². The molecule has 0 spiro atoms. The van der Waals surface area contributed by atoms with Crippen molar-refractivity contribution in [3.8, 4) is 17.3 Å². The highest BCUT2D eigenvalue weighted by molar-refractivity contribution is 5.52. The second-order valence-electron chi connectivity index (χ2n) is 5.06. The first-order chi connectivity index (χ1) is 9.76. The molecule has 20 heavy (non-hydrogen) atoms. The van der Waals surface area contributed by atoms with Crippen LogP contribution < -0.4 is 4.74 Å². The molecule has 2 aromatic heterocycles. The summed E-state index contributed by atoms with van der Waals surface area (Å²) >= 11 is 0. The van der Waals surface area contributed by atoms with Gasteiger partial charge in [-0.3, -0.25) is 4.90 Å². The third-order valence-corrected chi connectivity index (χ3v) is 3.70. The normalized spacial score (nSPS) is 19.4. The van der Waals surface area contributed by atoms with E-state index < -0.39 is 0 Å². The molecule has 106 valence electrons. The molecular weight excluding hydrogens is 256 g/mol. The van der Waals surface area contributed by atoms with E-state index in [0.29, 0.717) is 23.6 Å². The molecule has 1 aliphatic heterocycles. The molecule has 0 saturated carbocycles. The average molecular weight is 274 g/mol. The minimum absolute atomic E-state index is 0.571. The Labute approximate surface area is 117 Å². The van der Waals surface area contributed by atoms with Gasteiger partial charge in [-0.1, -0.05) is 5.16 Å². The zero-order valence-corrected chi connectivity index (χ0v) is 11.7. The van der Waals surface area contributed by atoms with Crippen LogP contribution in [0.4, 0.5) is 0 Å². The van der Waals surface area contributed by atoms with Crippen molar-refractivity contribution in [2.24, 2.45) is 0 Å². The number of pyridine rings is 1. The summed E-state index contributed by atoms with van der Waals surface area (Å²) in [7, 11) is 1.59. The third kappa shape index (κ3) is 2.65. The van der Waals surface area contributed by atoms with Crippen LogP contribution in [0.1, 0.15) is 25.7 Å². The molecule has 6 nitrogen and oxygen atoms in total. The molecule has 1 saturated heterocycles. The summed E-state index contributed by atoms with van der Waals surface area (Å²) in [5.74, 6) is 1.80. The van der Waals surface area contributed by atoms with E-state index >= 15 is 0 Å². The molecule has 1 fully saturated rings. The number of likely N-dealkylation sites (tertiary alicyclic amines) is 1. The van der Waals surface area contributed by atoms with Crippen LogP contribution in [-0.4, -0.2) is 39.7 Å². The van der Waals surface area contributed by atoms with Crippen molar-refractivity contribution in [1.82, 2.24) is 20.0 Å². The van der Waals surface area contributed by atoms with E-state index in [1.807, 2.05) is 6.07 Å². The highest BCUT2D eigenvalue weighted by Gasteiger charge is 2.22. The van der Waals surface area contributed by atoms with Crippen LogP contribution in [0.25, 0.3) is 11.4 Å². The maximum Gasteiger partial charge on any atom is 0.241 e. The fourth-order valence-corrected chi connectivity index (χ4v) is 2.47. The predicted molar refractivity (Wildman–Crippen MR) is 73.2 cm³/mol. The number of rotatable bonds is 4. The topological polar surface area (TPSA) is 64.3 Å². The summed E-state index contributed by atoms with van der Waals surface area (Å²) in [6.07, 6.45) is 4.17. The molecule has 0 unspecified atom stereocenters. The largest absolute Gasteiger partial charge is 0.481 e. The molecule has 0 N–H and O–H groups in total. The summed E-state index contributed by atoms with van der Waals surface area (Å²) in [6.45, 7) is 4.05. The van der Waals surface area contributed by atoms with Gasteiger partial charge in [0, 0.05) is 23.9 Å². The Morgan fingerprint density at radius 1 is 1.45 bits per heavy atom. The van der Waals surface area contributed by atoms with Crippen molar-refractivity contribution < 1.29 is 9.26 Å². The molecule has 6 heteroatoms. The van der Waals surface area contributed by atoms with Gasteiger partial charge >= 0.3 is 0 Å². The summed E-state index contributed by atoms with van der Waals surface area (Å²) in [6, 6.07) is 4.25. The summed E-state index contributed by atoms with van der Waals surface area (Å²) < 4.78 is 10.4. The summed E-state index contributed by atoms with van der Waals surface area (Å²) in [4.78, 5) is 10.9. The maximum atomic E-state index is 5.32. The number of hydrogen-bond acceptors (Lipinski definition) is 6. The van der Waals surface area contributed by atoms with Crippen LogP contribution in [0.2, 0.25) is 0 Å². The van der Waals surface area contributed by atoms with E-state index in [-0.39, 0.29) is 0 Å². The number of aromatic nitrogens is 3. The van der Waals surface area contributed by atoms with Crippen molar-refractivity contribution in [2.75, 3.05) is 13.7 Å². The molecule has 1 atom stereocenters. The van der Waals surface area contributed by atoms with Crippen LogP contribution >= 0.6 is 0 Å². The van der Waals surface area contributed by atoms with Crippen LogP contribution in [0.5, 0.6) is 5.88 Å². The van der Waals surface area contributed by atoms with Crippen molar-refractivity contribution in [2.45, 2.75) is 32.4 Å². The molecule has 0 aromatic carbocycles.